The summed E-state index contributed by atoms with van der Waals surface area (Å²) in [6, 6.07) is 5.54. The van der Waals surface area contributed by atoms with Crippen LogP contribution < -0.4 is 9.47 Å². The molecular weight excluding hydrogens is 418 g/mol. The van der Waals surface area contributed by atoms with Crippen molar-refractivity contribution >= 4 is 18.0 Å². The predicted octanol–water partition coefficient (Wildman–Crippen LogP) is 3.82. The maximum Gasteiger partial charge on any atom is 0.412 e. The van der Waals surface area contributed by atoms with E-state index in [-0.39, 0.29) is 31.6 Å². The number of benzene rings is 1. The fraction of sp³-hybridized carbons (Fsp3) is 0.609. The van der Waals surface area contributed by atoms with Gasteiger partial charge in [0.1, 0.15) is 5.60 Å². The molecule has 0 spiro atoms. The first kappa shape index (κ1) is 25.3. The molecule has 9 heteroatoms. The number of esters is 2. The minimum Gasteiger partial charge on any atom is -0.460 e. The topological polar surface area (TPSA) is 101 Å². The van der Waals surface area contributed by atoms with E-state index >= 15 is 0 Å². The third-order valence-corrected chi connectivity index (χ3v) is 4.66. The summed E-state index contributed by atoms with van der Waals surface area (Å²) >= 11 is 0. The van der Waals surface area contributed by atoms with Gasteiger partial charge in [-0.15, -0.1) is 0 Å². The number of amides is 1. The van der Waals surface area contributed by atoms with E-state index in [1.807, 2.05) is 32.0 Å². The molecule has 0 unspecified atom stereocenters. The van der Waals surface area contributed by atoms with Gasteiger partial charge in [0, 0.05) is 25.4 Å². The molecule has 1 heterocycles. The lowest BCUT2D eigenvalue weighted by Crippen LogP contribution is -2.40. The standard InChI is InChI=1S/C23H33NO8/c1-6-24(16(2)12-17-10-11-18-19(13-17)29-14-28-18)22(27)31-15-30-20(25)8-7-9-21(26)32-23(3,4)5/h10-11,13,16H,6-9,12,14-15H2,1-5H3/t16-/m0/s1. The molecule has 32 heavy (non-hydrogen) atoms. The Hall–Kier alpha value is -2.97. The molecular formula is C23H33NO8. The molecule has 1 aromatic rings. The number of likely N-dealkylation sites (N-methyl/N-ethyl adjacent to an activating group) is 1. The number of rotatable bonds is 10. The molecule has 0 radical (unpaired) electrons. The summed E-state index contributed by atoms with van der Waals surface area (Å²) in [5.41, 5.74) is 0.445. The Kier molecular flexibility index (Phi) is 9.16. The summed E-state index contributed by atoms with van der Waals surface area (Å²) in [7, 11) is 0. The van der Waals surface area contributed by atoms with E-state index in [4.69, 9.17) is 23.7 Å². The summed E-state index contributed by atoms with van der Waals surface area (Å²) in [5.74, 6) is 0.490. The Bertz CT molecular complexity index is 802. The van der Waals surface area contributed by atoms with Crippen molar-refractivity contribution in [1.29, 1.82) is 0 Å². The quantitative estimate of drug-likeness (QED) is 0.391. The molecule has 0 N–H and O–H groups in total. The number of hydrogen-bond acceptors (Lipinski definition) is 8. The maximum absolute atomic E-state index is 12.4. The van der Waals surface area contributed by atoms with Crippen LogP contribution in [0.1, 0.15) is 59.4 Å². The average Bonchev–Trinajstić information content (AvgIpc) is 3.15. The number of nitrogens with zero attached hydrogens (tertiary/aromatic N) is 1. The third-order valence-electron chi connectivity index (χ3n) is 4.66. The van der Waals surface area contributed by atoms with Gasteiger partial charge in [-0.25, -0.2) is 4.79 Å². The zero-order valence-electron chi connectivity index (χ0n) is 19.5. The second kappa shape index (κ2) is 11.6. The smallest absolute Gasteiger partial charge is 0.412 e. The molecule has 2 rings (SSSR count). The van der Waals surface area contributed by atoms with Crippen molar-refractivity contribution in [2.24, 2.45) is 0 Å². The van der Waals surface area contributed by atoms with Crippen LogP contribution >= 0.6 is 0 Å². The normalized spacial score (nSPS) is 13.3. The van der Waals surface area contributed by atoms with Gasteiger partial charge < -0.3 is 28.6 Å². The lowest BCUT2D eigenvalue weighted by atomic mass is 10.1. The molecule has 9 nitrogen and oxygen atoms in total. The lowest BCUT2D eigenvalue weighted by Gasteiger charge is -2.27. The molecule has 0 saturated heterocycles. The van der Waals surface area contributed by atoms with Crippen molar-refractivity contribution in [3.05, 3.63) is 23.8 Å². The summed E-state index contributed by atoms with van der Waals surface area (Å²) in [4.78, 5) is 37.4. The molecule has 1 aromatic carbocycles. The molecule has 1 atom stereocenters. The van der Waals surface area contributed by atoms with Crippen LogP contribution in [-0.2, 0) is 30.2 Å². The van der Waals surface area contributed by atoms with Crippen LogP contribution in [0.3, 0.4) is 0 Å². The third kappa shape index (κ3) is 8.28. The Balaban J connectivity index is 1.70. The van der Waals surface area contributed by atoms with E-state index < -0.39 is 24.5 Å². The summed E-state index contributed by atoms with van der Waals surface area (Å²) in [6.07, 6.45) is 0.490. The number of carbonyl (C=O) groups excluding carboxylic acids is 3. The fourth-order valence-corrected chi connectivity index (χ4v) is 3.21. The molecule has 0 aromatic heterocycles. The number of hydrogen-bond donors (Lipinski definition) is 0. The molecule has 1 amide bonds. The fourth-order valence-electron chi connectivity index (χ4n) is 3.21. The van der Waals surface area contributed by atoms with Gasteiger partial charge in [-0.2, -0.15) is 0 Å². The van der Waals surface area contributed by atoms with Crippen molar-refractivity contribution in [2.75, 3.05) is 20.1 Å². The Labute approximate surface area is 188 Å². The van der Waals surface area contributed by atoms with Gasteiger partial charge in [0.05, 0.1) is 0 Å². The van der Waals surface area contributed by atoms with Crippen LogP contribution in [-0.4, -0.2) is 54.7 Å². The van der Waals surface area contributed by atoms with E-state index in [1.165, 1.54) is 0 Å². The Morgan fingerprint density at radius 3 is 2.44 bits per heavy atom. The highest BCUT2D eigenvalue weighted by atomic mass is 16.7. The minimum absolute atomic E-state index is 0.0365. The van der Waals surface area contributed by atoms with Gasteiger partial charge in [0.25, 0.3) is 0 Å². The maximum atomic E-state index is 12.4. The van der Waals surface area contributed by atoms with Gasteiger partial charge in [-0.05, 0) is 65.2 Å². The highest BCUT2D eigenvalue weighted by Gasteiger charge is 2.22. The van der Waals surface area contributed by atoms with E-state index in [0.29, 0.717) is 30.9 Å². The first-order valence-electron chi connectivity index (χ1n) is 10.8. The molecule has 0 saturated carbocycles. The Morgan fingerprint density at radius 1 is 1.06 bits per heavy atom. The highest BCUT2D eigenvalue weighted by molar-refractivity contribution is 5.73. The Morgan fingerprint density at radius 2 is 1.75 bits per heavy atom. The zero-order valence-corrected chi connectivity index (χ0v) is 19.5. The van der Waals surface area contributed by atoms with Gasteiger partial charge in [0.2, 0.25) is 13.6 Å². The van der Waals surface area contributed by atoms with Crippen molar-refractivity contribution in [3.63, 3.8) is 0 Å². The van der Waals surface area contributed by atoms with Crippen LogP contribution in [0.15, 0.2) is 18.2 Å². The lowest BCUT2D eigenvalue weighted by molar-refractivity contribution is -0.155. The largest absolute Gasteiger partial charge is 0.460 e. The SMILES string of the molecule is CCN(C(=O)OCOC(=O)CCCC(=O)OC(C)(C)C)[C@@H](C)Cc1ccc2c(c1)OCO2. The van der Waals surface area contributed by atoms with Crippen LogP contribution in [0.5, 0.6) is 11.5 Å². The van der Waals surface area contributed by atoms with Crippen molar-refractivity contribution in [1.82, 2.24) is 4.90 Å². The first-order valence-corrected chi connectivity index (χ1v) is 10.8. The second-order valence-corrected chi connectivity index (χ2v) is 8.51. The predicted molar refractivity (Wildman–Crippen MR) is 115 cm³/mol. The molecule has 0 aliphatic carbocycles. The van der Waals surface area contributed by atoms with Gasteiger partial charge in [0.15, 0.2) is 11.5 Å². The second-order valence-electron chi connectivity index (χ2n) is 8.51. The van der Waals surface area contributed by atoms with Gasteiger partial charge >= 0.3 is 18.0 Å². The highest BCUT2D eigenvalue weighted by Crippen LogP contribution is 2.33. The summed E-state index contributed by atoms with van der Waals surface area (Å²) in [5, 5.41) is 0. The van der Waals surface area contributed by atoms with Crippen LogP contribution in [0, 0.1) is 0 Å². The van der Waals surface area contributed by atoms with E-state index in [2.05, 4.69) is 0 Å². The van der Waals surface area contributed by atoms with Gasteiger partial charge in [-0.1, -0.05) is 6.07 Å². The van der Waals surface area contributed by atoms with Crippen LogP contribution in [0.25, 0.3) is 0 Å². The minimum atomic E-state index is -0.567. The zero-order chi connectivity index (χ0) is 23.7. The molecule has 0 bridgehead atoms. The number of carbonyl (C=O) groups is 3. The summed E-state index contributed by atoms with van der Waals surface area (Å²) < 4.78 is 25.9. The van der Waals surface area contributed by atoms with E-state index in [9.17, 15) is 14.4 Å². The number of fused-ring (bicyclic) bond motifs is 1. The molecule has 0 fully saturated rings. The van der Waals surface area contributed by atoms with Crippen molar-refractivity contribution in [3.8, 4) is 11.5 Å². The van der Waals surface area contributed by atoms with Crippen LogP contribution in [0.2, 0.25) is 0 Å². The van der Waals surface area contributed by atoms with E-state index in [0.717, 1.165) is 5.56 Å². The monoisotopic (exact) mass is 451 g/mol. The average molecular weight is 452 g/mol. The van der Waals surface area contributed by atoms with Crippen molar-refractivity contribution < 1.29 is 38.1 Å². The van der Waals surface area contributed by atoms with Gasteiger partial charge in [-0.3, -0.25) is 9.59 Å². The molecule has 1 aliphatic rings. The van der Waals surface area contributed by atoms with E-state index in [1.54, 1.807) is 25.7 Å². The summed E-state index contributed by atoms with van der Waals surface area (Å²) in [6.45, 7) is 9.28. The van der Waals surface area contributed by atoms with Crippen molar-refractivity contribution in [2.45, 2.75) is 71.9 Å². The first-order chi connectivity index (χ1) is 15.1. The molecule has 1 aliphatic heterocycles. The molecule has 178 valence electrons. The van der Waals surface area contributed by atoms with Crippen LogP contribution in [0.4, 0.5) is 4.79 Å². The number of ether oxygens (including phenoxy) is 5.